The molecule has 2 rings (SSSR count). The van der Waals surface area contributed by atoms with Crippen LogP contribution in [0.5, 0.6) is 0 Å². The number of rotatable bonds is 2. The zero-order chi connectivity index (χ0) is 14.5. The van der Waals surface area contributed by atoms with Crippen LogP contribution in [0.2, 0.25) is 5.15 Å². The number of hydrogen-bond acceptors (Lipinski definition) is 3. The van der Waals surface area contributed by atoms with Gasteiger partial charge in [0.25, 0.3) is 5.91 Å². The number of thiocarbonyl (C=S) groups is 1. The summed E-state index contributed by atoms with van der Waals surface area (Å²) in [5.74, 6) is -1.26. The Morgan fingerprint density at radius 1 is 1.25 bits per heavy atom. The van der Waals surface area contributed by atoms with Crippen molar-refractivity contribution in [3.05, 3.63) is 59.1 Å². The third-order valence-corrected chi connectivity index (χ3v) is 2.86. The zero-order valence-electron chi connectivity index (χ0n) is 10.1. The first-order chi connectivity index (χ1) is 9.58. The largest absolute Gasteiger partial charge is 0.330 e. The van der Waals surface area contributed by atoms with Gasteiger partial charge < -0.3 is 5.32 Å². The molecule has 0 saturated heterocycles. The molecular formula is C13H9ClFN3OS. The number of hydrogen-bond donors (Lipinski definition) is 2. The van der Waals surface area contributed by atoms with Crippen LogP contribution < -0.4 is 10.6 Å². The topological polar surface area (TPSA) is 54.0 Å². The minimum absolute atomic E-state index is 0.00755. The summed E-state index contributed by atoms with van der Waals surface area (Å²) in [4.78, 5) is 15.7. The minimum atomic E-state index is -0.638. The Hall–Kier alpha value is -2.05. The Morgan fingerprint density at radius 2 is 2.00 bits per heavy atom. The first-order valence-corrected chi connectivity index (χ1v) is 6.34. The summed E-state index contributed by atoms with van der Waals surface area (Å²) in [7, 11) is 0. The Morgan fingerprint density at radius 3 is 2.70 bits per heavy atom. The van der Waals surface area contributed by atoms with Gasteiger partial charge in [0.2, 0.25) is 0 Å². The van der Waals surface area contributed by atoms with E-state index in [1.165, 1.54) is 24.4 Å². The highest BCUT2D eigenvalue weighted by atomic mass is 35.5. The van der Waals surface area contributed by atoms with Gasteiger partial charge in [-0.15, -0.1) is 0 Å². The Labute approximate surface area is 125 Å². The maximum Gasteiger partial charge on any atom is 0.260 e. The molecule has 4 nitrogen and oxygen atoms in total. The number of aromatic nitrogens is 1. The molecular weight excluding hydrogens is 301 g/mol. The molecule has 20 heavy (non-hydrogen) atoms. The van der Waals surface area contributed by atoms with Gasteiger partial charge in [-0.25, -0.2) is 9.37 Å². The predicted octanol–water partition coefficient (Wildman–Crippen LogP) is 3.00. The van der Waals surface area contributed by atoms with Crippen LogP contribution in [0.15, 0.2) is 42.6 Å². The van der Waals surface area contributed by atoms with Crippen molar-refractivity contribution < 1.29 is 9.18 Å². The van der Waals surface area contributed by atoms with Crippen LogP contribution in [0, 0.1) is 5.82 Å². The van der Waals surface area contributed by atoms with Gasteiger partial charge in [-0.05, 0) is 36.5 Å². The van der Waals surface area contributed by atoms with Crippen molar-refractivity contribution in [3.8, 4) is 0 Å². The van der Waals surface area contributed by atoms with Crippen molar-refractivity contribution in [1.82, 2.24) is 10.3 Å². The van der Waals surface area contributed by atoms with Crippen LogP contribution >= 0.6 is 23.8 Å². The lowest BCUT2D eigenvalue weighted by atomic mass is 10.2. The van der Waals surface area contributed by atoms with Gasteiger partial charge in [-0.2, -0.15) is 0 Å². The van der Waals surface area contributed by atoms with E-state index < -0.39 is 11.7 Å². The van der Waals surface area contributed by atoms with Crippen LogP contribution in [0.1, 0.15) is 10.4 Å². The molecule has 1 amide bonds. The third kappa shape index (κ3) is 3.49. The molecule has 2 aromatic rings. The van der Waals surface area contributed by atoms with E-state index in [-0.39, 0.29) is 15.8 Å². The van der Waals surface area contributed by atoms with Crippen molar-refractivity contribution in [2.45, 2.75) is 0 Å². The van der Waals surface area contributed by atoms with Gasteiger partial charge in [0, 0.05) is 6.20 Å². The van der Waals surface area contributed by atoms with E-state index in [1.54, 1.807) is 18.2 Å². The average molecular weight is 310 g/mol. The van der Waals surface area contributed by atoms with E-state index >= 15 is 0 Å². The number of carbonyl (C=O) groups is 1. The molecule has 0 fully saturated rings. The number of benzene rings is 1. The van der Waals surface area contributed by atoms with Gasteiger partial charge in [0.05, 0.1) is 11.3 Å². The Balaban J connectivity index is 2.04. The molecule has 0 aliphatic heterocycles. The second-order valence-corrected chi connectivity index (χ2v) is 4.50. The van der Waals surface area contributed by atoms with E-state index in [0.29, 0.717) is 5.69 Å². The van der Waals surface area contributed by atoms with Crippen molar-refractivity contribution in [1.29, 1.82) is 0 Å². The molecule has 0 aliphatic rings. The number of nitrogens with zero attached hydrogens (tertiary/aromatic N) is 1. The molecule has 0 aliphatic carbocycles. The molecule has 102 valence electrons. The van der Waals surface area contributed by atoms with Crippen LogP contribution in [0.3, 0.4) is 0 Å². The minimum Gasteiger partial charge on any atom is -0.330 e. The lowest BCUT2D eigenvalue weighted by Gasteiger charge is -2.10. The number of carbonyl (C=O) groups excluding carboxylic acids is 1. The smallest absolute Gasteiger partial charge is 0.260 e. The summed E-state index contributed by atoms with van der Waals surface area (Å²) in [6.07, 6.45) is 1.52. The number of pyridine rings is 1. The van der Waals surface area contributed by atoms with E-state index in [9.17, 15) is 9.18 Å². The summed E-state index contributed by atoms with van der Waals surface area (Å²) in [6.45, 7) is 0. The SMILES string of the molecule is O=C(NC(=S)Nc1cccnc1Cl)c1ccccc1F. The molecule has 0 saturated carbocycles. The number of anilines is 1. The average Bonchev–Trinajstić information content (AvgIpc) is 2.41. The van der Waals surface area contributed by atoms with Crippen molar-refractivity contribution in [2.75, 3.05) is 5.32 Å². The molecule has 0 radical (unpaired) electrons. The molecule has 7 heteroatoms. The molecule has 0 atom stereocenters. The molecule has 1 aromatic heterocycles. The van der Waals surface area contributed by atoms with Crippen molar-refractivity contribution in [3.63, 3.8) is 0 Å². The standard InChI is InChI=1S/C13H9ClFN3OS/c14-11-10(6-3-7-16-11)17-13(20)18-12(19)8-4-1-2-5-9(8)15/h1-7H,(H2,17,18,19,20). The van der Waals surface area contributed by atoms with Crippen molar-refractivity contribution >= 4 is 40.5 Å². The Bertz CT molecular complexity index is 666. The lowest BCUT2D eigenvalue weighted by Crippen LogP contribution is -2.34. The lowest BCUT2D eigenvalue weighted by molar-refractivity contribution is 0.0974. The fraction of sp³-hybridized carbons (Fsp3) is 0. The van der Waals surface area contributed by atoms with Gasteiger partial charge in [-0.3, -0.25) is 10.1 Å². The summed E-state index contributed by atoms with van der Waals surface area (Å²) in [5, 5.41) is 5.31. The highest BCUT2D eigenvalue weighted by Crippen LogP contribution is 2.17. The summed E-state index contributed by atoms with van der Waals surface area (Å²) in [5.41, 5.74) is 0.363. The third-order valence-electron chi connectivity index (χ3n) is 2.35. The summed E-state index contributed by atoms with van der Waals surface area (Å²) >= 11 is 10.8. The van der Waals surface area contributed by atoms with Gasteiger partial charge in [-0.1, -0.05) is 23.7 Å². The fourth-order valence-electron chi connectivity index (χ4n) is 1.45. The van der Waals surface area contributed by atoms with Crippen LogP contribution in [-0.4, -0.2) is 16.0 Å². The molecule has 2 N–H and O–H groups in total. The van der Waals surface area contributed by atoms with Crippen LogP contribution in [-0.2, 0) is 0 Å². The van der Waals surface area contributed by atoms with Gasteiger partial charge >= 0.3 is 0 Å². The quantitative estimate of drug-likeness (QED) is 0.661. The monoisotopic (exact) mass is 309 g/mol. The van der Waals surface area contributed by atoms with Crippen LogP contribution in [0.25, 0.3) is 0 Å². The molecule has 1 aromatic carbocycles. The van der Waals surface area contributed by atoms with E-state index in [0.717, 1.165) is 0 Å². The van der Waals surface area contributed by atoms with Gasteiger partial charge in [0.1, 0.15) is 5.82 Å². The van der Waals surface area contributed by atoms with Crippen LogP contribution in [0.4, 0.5) is 10.1 Å². The normalized spacial score (nSPS) is 9.90. The first kappa shape index (κ1) is 14.4. The van der Waals surface area contributed by atoms with E-state index in [2.05, 4.69) is 15.6 Å². The highest BCUT2D eigenvalue weighted by molar-refractivity contribution is 7.80. The number of amides is 1. The molecule has 0 unspecified atom stereocenters. The maximum absolute atomic E-state index is 13.4. The summed E-state index contributed by atoms with van der Waals surface area (Å²) < 4.78 is 13.4. The second-order valence-electron chi connectivity index (χ2n) is 3.73. The second kappa shape index (κ2) is 6.40. The van der Waals surface area contributed by atoms with Crippen molar-refractivity contribution in [2.24, 2.45) is 0 Å². The zero-order valence-corrected chi connectivity index (χ0v) is 11.6. The number of halogens is 2. The fourth-order valence-corrected chi connectivity index (χ4v) is 1.82. The highest BCUT2D eigenvalue weighted by Gasteiger charge is 2.12. The Kier molecular flexibility index (Phi) is 4.60. The van der Waals surface area contributed by atoms with E-state index in [4.69, 9.17) is 23.8 Å². The molecule has 1 heterocycles. The summed E-state index contributed by atoms with van der Waals surface area (Å²) in [6, 6.07) is 8.94. The number of nitrogens with one attached hydrogen (secondary N) is 2. The molecule has 0 bridgehead atoms. The maximum atomic E-state index is 13.4. The predicted molar refractivity (Wildman–Crippen MR) is 79.3 cm³/mol. The molecule has 0 spiro atoms. The first-order valence-electron chi connectivity index (χ1n) is 5.55. The van der Waals surface area contributed by atoms with E-state index in [1.807, 2.05) is 0 Å². The van der Waals surface area contributed by atoms with Gasteiger partial charge in [0.15, 0.2) is 10.3 Å².